The average molecular weight is 501 g/mol. The molecule has 1 aromatic rings. The fraction of sp³-hybridized carbons (Fsp3) is 0.636. The van der Waals surface area contributed by atoms with Crippen LogP contribution in [0.15, 0.2) is 35.3 Å². The van der Waals surface area contributed by atoms with Gasteiger partial charge in [-0.15, -0.1) is 24.0 Å². The number of hydrogen-bond donors (Lipinski definition) is 2. The van der Waals surface area contributed by atoms with E-state index in [9.17, 15) is 4.79 Å². The van der Waals surface area contributed by atoms with Crippen LogP contribution in [0.25, 0.3) is 0 Å². The van der Waals surface area contributed by atoms with Crippen LogP contribution in [0.3, 0.4) is 0 Å². The molecule has 0 amide bonds. The molecule has 0 spiro atoms. The molecule has 2 rings (SSSR count). The predicted molar refractivity (Wildman–Crippen MR) is 126 cm³/mol. The topological polar surface area (TPSA) is 62.7 Å². The van der Waals surface area contributed by atoms with Crippen molar-refractivity contribution in [2.24, 2.45) is 16.3 Å². The smallest absolute Gasteiger partial charge is 0.308 e. The molecule has 6 heteroatoms. The molecule has 0 saturated heterocycles. The van der Waals surface area contributed by atoms with E-state index >= 15 is 0 Å². The molecule has 1 aliphatic carbocycles. The Morgan fingerprint density at radius 1 is 1.18 bits per heavy atom. The average Bonchev–Trinajstić information content (AvgIpc) is 2.66. The molecule has 1 fully saturated rings. The third kappa shape index (κ3) is 8.37. The summed E-state index contributed by atoms with van der Waals surface area (Å²) in [6.07, 6.45) is 4.72. The second kappa shape index (κ2) is 12.3. The Hall–Kier alpha value is -1.31. The molecule has 0 heterocycles. The summed E-state index contributed by atoms with van der Waals surface area (Å²) >= 11 is 0. The van der Waals surface area contributed by atoms with Crippen LogP contribution < -0.4 is 10.6 Å². The molecular weight excluding hydrogens is 465 g/mol. The van der Waals surface area contributed by atoms with Crippen LogP contribution in [0.1, 0.15) is 52.0 Å². The summed E-state index contributed by atoms with van der Waals surface area (Å²) in [6, 6.07) is 10.9. The third-order valence-electron chi connectivity index (χ3n) is 5.17. The molecule has 5 nitrogen and oxygen atoms in total. The maximum atomic E-state index is 11.9. The number of aliphatic imine (C=N–C) groups is 1. The van der Waals surface area contributed by atoms with Crippen LogP contribution in [0.5, 0.6) is 0 Å². The predicted octanol–water partition coefficient (Wildman–Crippen LogP) is 4.16. The van der Waals surface area contributed by atoms with Crippen molar-refractivity contribution in [1.29, 1.82) is 0 Å². The largest absolute Gasteiger partial charge is 0.466 e. The Bertz CT molecular complexity index is 611. The van der Waals surface area contributed by atoms with Crippen molar-refractivity contribution < 1.29 is 9.53 Å². The number of guanidine groups is 1. The molecule has 0 unspecified atom stereocenters. The molecule has 0 bridgehead atoms. The van der Waals surface area contributed by atoms with Gasteiger partial charge in [-0.2, -0.15) is 0 Å². The number of hydrogen-bond acceptors (Lipinski definition) is 3. The normalized spacial score (nSPS) is 20.1. The number of halogens is 1. The number of carbonyl (C=O) groups is 1. The van der Waals surface area contributed by atoms with Gasteiger partial charge in [0.1, 0.15) is 0 Å². The molecule has 0 aliphatic heterocycles. The molecule has 2 N–H and O–H groups in total. The molecule has 0 atom stereocenters. The van der Waals surface area contributed by atoms with Gasteiger partial charge in [0, 0.05) is 19.6 Å². The van der Waals surface area contributed by atoms with Crippen LogP contribution in [-0.4, -0.2) is 38.2 Å². The van der Waals surface area contributed by atoms with Gasteiger partial charge in [0.15, 0.2) is 5.96 Å². The highest BCUT2D eigenvalue weighted by atomic mass is 127. The van der Waals surface area contributed by atoms with Crippen molar-refractivity contribution >= 4 is 35.9 Å². The van der Waals surface area contributed by atoms with Gasteiger partial charge in [0.05, 0.1) is 12.5 Å². The van der Waals surface area contributed by atoms with Gasteiger partial charge in [-0.1, -0.05) is 44.2 Å². The zero-order valence-electron chi connectivity index (χ0n) is 17.7. The van der Waals surface area contributed by atoms with E-state index in [-0.39, 0.29) is 41.3 Å². The van der Waals surface area contributed by atoms with Gasteiger partial charge in [0.2, 0.25) is 0 Å². The van der Waals surface area contributed by atoms with E-state index < -0.39 is 0 Å². The lowest BCUT2D eigenvalue weighted by molar-refractivity contribution is -0.149. The Balaban J connectivity index is 0.00000392. The summed E-state index contributed by atoms with van der Waals surface area (Å²) in [4.78, 5) is 16.2. The second-order valence-electron chi connectivity index (χ2n) is 8.20. The fourth-order valence-electron chi connectivity index (χ4n) is 3.66. The fourth-order valence-corrected chi connectivity index (χ4v) is 3.66. The van der Waals surface area contributed by atoms with E-state index in [0.717, 1.165) is 44.6 Å². The van der Waals surface area contributed by atoms with E-state index in [1.165, 1.54) is 5.56 Å². The minimum atomic E-state index is -0.0406. The molecule has 1 aliphatic rings. The van der Waals surface area contributed by atoms with Crippen LogP contribution in [0.2, 0.25) is 0 Å². The minimum absolute atomic E-state index is 0. The maximum absolute atomic E-state index is 11.9. The van der Waals surface area contributed by atoms with Crippen molar-refractivity contribution in [3.63, 3.8) is 0 Å². The Labute approximate surface area is 187 Å². The lowest BCUT2D eigenvalue weighted by Gasteiger charge is -2.31. The molecular formula is C22H36IN3O2. The molecule has 28 heavy (non-hydrogen) atoms. The lowest BCUT2D eigenvalue weighted by Crippen LogP contribution is -2.47. The highest BCUT2D eigenvalue weighted by Gasteiger charge is 2.28. The SMILES string of the molecule is CCOC(=O)C1CCC(NC(=NC)NCC(C)(C)Cc2ccccc2)CC1.I. The quantitative estimate of drug-likeness (QED) is 0.255. The van der Waals surface area contributed by atoms with Crippen molar-refractivity contribution in [2.75, 3.05) is 20.2 Å². The van der Waals surface area contributed by atoms with Crippen molar-refractivity contribution in [1.82, 2.24) is 10.6 Å². The molecule has 1 aromatic carbocycles. The number of benzene rings is 1. The Morgan fingerprint density at radius 3 is 2.39 bits per heavy atom. The van der Waals surface area contributed by atoms with E-state index in [0.29, 0.717) is 12.6 Å². The van der Waals surface area contributed by atoms with Gasteiger partial charge in [-0.3, -0.25) is 9.79 Å². The van der Waals surface area contributed by atoms with E-state index in [4.69, 9.17) is 4.74 Å². The van der Waals surface area contributed by atoms with E-state index in [2.05, 4.69) is 59.8 Å². The first-order chi connectivity index (χ1) is 12.9. The zero-order valence-corrected chi connectivity index (χ0v) is 20.0. The molecule has 158 valence electrons. The molecule has 1 saturated carbocycles. The number of nitrogens with zero attached hydrogens (tertiary/aromatic N) is 1. The Kier molecular flexibility index (Phi) is 10.9. The maximum Gasteiger partial charge on any atom is 0.308 e. The summed E-state index contributed by atoms with van der Waals surface area (Å²) in [5.41, 5.74) is 1.48. The Morgan fingerprint density at radius 2 is 1.82 bits per heavy atom. The van der Waals surface area contributed by atoms with Gasteiger partial charge in [0.25, 0.3) is 0 Å². The van der Waals surface area contributed by atoms with Crippen LogP contribution in [-0.2, 0) is 16.0 Å². The van der Waals surface area contributed by atoms with Gasteiger partial charge in [-0.25, -0.2) is 0 Å². The van der Waals surface area contributed by atoms with Gasteiger partial charge < -0.3 is 15.4 Å². The number of nitrogens with one attached hydrogen (secondary N) is 2. The number of ether oxygens (including phenoxy) is 1. The van der Waals surface area contributed by atoms with E-state index in [1.54, 1.807) is 0 Å². The summed E-state index contributed by atoms with van der Waals surface area (Å²) in [5.74, 6) is 0.861. The number of rotatable bonds is 7. The van der Waals surface area contributed by atoms with Gasteiger partial charge in [-0.05, 0) is 50.0 Å². The van der Waals surface area contributed by atoms with E-state index in [1.807, 2.05) is 14.0 Å². The summed E-state index contributed by atoms with van der Waals surface area (Å²) < 4.78 is 5.15. The van der Waals surface area contributed by atoms with Crippen molar-refractivity contribution in [3.05, 3.63) is 35.9 Å². The highest BCUT2D eigenvalue weighted by molar-refractivity contribution is 14.0. The molecule has 0 aromatic heterocycles. The summed E-state index contributed by atoms with van der Waals surface area (Å²) in [6.45, 7) is 7.71. The van der Waals surface area contributed by atoms with Crippen molar-refractivity contribution in [3.8, 4) is 0 Å². The number of carbonyl (C=O) groups excluding carboxylic acids is 1. The zero-order chi connectivity index (χ0) is 19.7. The first-order valence-electron chi connectivity index (χ1n) is 10.1. The van der Waals surface area contributed by atoms with Crippen LogP contribution in [0, 0.1) is 11.3 Å². The minimum Gasteiger partial charge on any atom is -0.466 e. The second-order valence-corrected chi connectivity index (χ2v) is 8.20. The van der Waals surface area contributed by atoms with Gasteiger partial charge >= 0.3 is 5.97 Å². The number of esters is 1. The highest BCUT2D eigenvalue weighted by Crippen LogP contribution is 2.25. The summed E-state index contributed by atoms with van der Waals surface area (Å²) in [5, 5.41) is 7.00. The standard InChI is InChI=1S/C22H35N3O2.HI/c1-5-27-20(26)18-11-13-19(14-12-18)25-21(23-4)24-16-22(2,3)15-17-9-7-6-8-10-17;/h6-10,18-19H,5,11-16H2,1-4H3,(H2,23,24,25);1H. The first kappa shape index (κ1) is 24.7. The first-order valence-corrected chi connectivity index (χ1v) is 10.1. The lowest BCUT2D eigenvalue weighted by atomic mass is 9.85. The monoisotopic (exact) mass is 501 g/mol. The summed E-state index contributed by atoms with van der Waals surface area (Å²) in [7, 11) is 1.81. The van der Waals surface area contributed by atoms with Crippen LogP contribution >= 0.6 is 24.0 Å². The van der Waals surface area contributed by atoms with Crippen LogP contribution in [0.4, 0.5) is 0 Å². The van der Waals surface area contributed by atoms with Crippen molar-refractivity contribution in [2.45, 2.75) is 58.9 Å². The third-order valence-corrected chi connectivity index (χ3v) is 5.17. The molecule has 0 radical (unpaired) electrons.